The summed E-state index contributed by atoms with van der Waals surface area (Å²) in [6.07, 6.45) is 5.60. The van der Waals surface area contributed by atoms with E-state index in [1.165, 1.54) is 0 Å². The van der Waals surface area contributed by atoms with Gasteiger partial charge >= 0.3 is 0 Å². The minimum Gasteiger partial charge on any atom is -0.339 e. The summed E-state index contributed by atoms with van der Waals surface area (Å²) in [5.74, 6) is 1.35. The van der Waals surface area contributed by atoms with E-state index in [2.05, 4.69) is 15.1 Å². The van der Waals surface area contributed by atoms with Gasteiger partial charge in [-0.3, -0.25) is 14.6 Å². The molecule has 3 rings (SSSR count). The van der Waals surface area contributed by atoms with E-state index in [1.54, 1.807) is 19.3 Å². The molecule has 1 fully saturated rings. The van der Waals surface area contributed by atoms with Gasteiger partial charge in [-0.05, 0) is 31.4 Å². The molecule has 0 aromatic carbocycles. The molecular formula is C21H29N5O3. The molecule has 1 saturated heterocycles. The SMILES string of the molecule is CC(=O)N(CCc1noc(C(C)C)n1)C1CCCN(C(=O)c2cncc(C)c2)C1. The lowest BCUT2D eigenvalue weighted by Gasteiger charge is -2.39. The standard InChI is InChI=1S/C21H29N5O3/c1-14(2)20-23-19(24-29-20)7-9-26(16(4)27)18-6-5-8-25(13-18)21(28)17-10-15(3)11-22-12-17/h10-12,14,18H,5-9,13H2,1-4H3. The van der Waals surface area contributed by atoms with Crippen LogP contribution in [0.15, 0.2) is 23.0 Å². The Labute approximate surface area is 171 Å². The van der Waals surface area contributed by atoms with Crippen LogP contribution in [0.2, 0.25) is 0 Å². The normalized spacial score (nSPS) is 16.9. The van der Waals surface area contributed by atoms with E-state index < -0.39 is 0 Å². The van der Waals surface area contributed by atoms with Crippen molar-refractivity contribution in [2.45, 2.75) is 58.9 Å². The summed E-state index contributed by atoms with van der Waals surface area (Å²) in [7, 11) is 0. The molecule has 0 saturated carbocycles. The topological polar surface area (TPSA) is 92.4 Å². The maximum absolute atomic E-state index is 12.9. The maximum Gasteiger partial charge on any atom is 0.255 e. The molecule has 29 heavy (non-hydrogen) atoms. The lowest BCUT2D eigenvalue weighted by molar-refractivity contribution is -0.132. The number of aryl methyl sites for hydroxylation is 1. The Morgan fingerprint density at radius 3 is 2.79 bits per heavy atom. The summed E-state index contributed by atoms with van der Waals surface area (Å²) in [5, 5.41) is 4.01. The first-order valence-corrected chi connectivity index (χ1v) is 10.2. The molecule has 3 heterocycles. The van der Waals surface area contributed by atoms with E-state index in [-0.39, 0.29) is 23.8 Å². The summed E-state index contributed by atoms with van der Waals surface area (Å²) >= 11 is 0. The number of aromatic nitrogens is 3. The van der Waals surface area contributed by atoms with Crippen LogP contribution in [0.25, 0.3) is 0 Å². The molecule has 0 aliphatic carbocycles. The van der Waals surface area contributed by atoms with E-state index in [0.717, 1.165) is 18.4 Å². The van der Waals surface area contributed by atoms with E-state index in [1.807, 2.05) is 36.6 Å². The number of hydrogen-bond donors (Lipinski definition) is 0. The van der Waals surface area contributed by atoms with Crippen molar-refractivity contribution < 1.29 is 14.1 Å². The highest BCUT2D eigenvalue weighted by molar-refractivity contribution is 5.94. The van der Waals surface area contributed by atoms with Gasteiger partial charge < -0.3 is 14.3 Å². The Hall–Kier alpha value is -2.77. The molecular weight excluding hydrogens is 370 g/mol. The Kier molecular flexibility index (Phi) is 6.61. The first-order valence-electron chi connectivity index (χ1n) is 10.2. The molecule has 0 bridgehead atoms. The number of piperidine rings is 1. The van der Waals surface area contributed by atoms with E-state index >= 15 is 0 Å². The third kappa shape index (κ3) is 5.19. The highest BCUT2D eigenvalue weighted by atomic mass is 16.5. The molecule has 8 heteroatoms. The maximum atomic E-state index is 12.9. The lowest BCUT2D eigenvalue weighted by Crippen LogP contribution is -2.51. The molecule has 156 valence electrons. The van der Waals surface area contributed by atoms with E-state index in [4.69, 9.17) is 4.52 Å². The number of nitrogens with zero attached hydrogens (tertiary/aromatic N) is 5. The number of hydrogen-bond acceptors (Lipinski definition) is 6. The third-order valence-corrected chi connectivity index (χ3v) is 5.20. The van der Waals surface area contributed by atoms with Gasteiger partial charge in [-0.1, -0.05) is 19.0 Å². The number of rotatable bonds is 6. The van der Waals surface area contributed by atoms with Crippen LogP contribution >= 0.6 is 0 Å². The van der Waals surface area contributed by atoms with Crippen LogP contribution in [0.1, 0.15) is 67.2 Å². The molecule has 2 aromatic heterocycles. The van der Waals surface area contributed by atoms with Crippen molar-refractivity contribution in [2.75, 3.05) is 19.6 Å². The molecule has 0 spiro atoms. The van der Waals surface area contributed by atoms with Crippen LogP contribution in [0.5, 0.6) is 0 Å². The molecule has 1 unspecified atom stereocenters. The van der Waals surface area contributed by atoms with Crippen molar-refractivity contribution in [1.29, 1.82) is 0 Å². The van der Waals surface area contributed by atoms with Crippen molar-refractivity contribution in [3.05, 3.63) is 41.3 Å². The highest BCUT2D eigenvalue weighted by Crippen LogP contribution is 2.19. The van der Waals surface area contributed by atoms with Crippen molar-refractivity contribution >= 4 is 11.8 Å². The van der Waals surface area contributed by atoms with Gasteiger partial charge in [-0.25, -0.2) is 0 Å². The molecule has 2 amide bonds. The predicted octanol–water partition coefficient (Wildman–Crippen LogP) is 2.59. The Morgan fingerprint density at radius 2 is 2.14 bits per heavy atom. The minimum absolute atomic E-state index is 0.00546. The van der Waals surface area contributed by atoms with Gasteiger partial charge in [0.05, 0.1) is 5.56 Å². The van der Waals surface area contributed by atoms with Gasteiger partial charge in [0.25, 0.3) is 5.91 Å². The second-order valence-corrected chi connectivity index (χ2v) is 7.96. The zero-order chi connectivity index (χ0) is 21.0. The monoisotopic (exact) mass is 399 g/mol. The first kappa shape index (κ1) is 21.0. The third-order valence-electron chi connectivity index (χ3n) is 5.20. The first-order chi connectivity index (χ1) is 13.8. The molecule has 1 aliphatic heterocycles. The van der Waals surface area contributed by atoms with E-state index in [9.17, 15) is 9.59 Å². The quantitative estimate of drug-likeness (QED) is 0.741. The fraction of sp³-hybridized carbons (Fsp3) is 0.571. The van der Waals surface area contributed by atoms with Crippen molar-refractivity contribution in [3.63, 3.8) is 0 Å². The Balaban J connectivity index is 1.65. The van der Waals surface area contributed by atoms with Crippen molar-refractivity contribution in [3.8, 4) is 0 Å². The second-order valence-electron chi connectivity index (χ2n) is 7.96. The summed E-state index contributed by atoms with van der Waals surface area (Å²) in [6, 6.07) is 1.84. The fourth-order valence-electron chi connectivity index (χ4n) is 3.67. The molecule has 8 nitrogen and oxygen atoms in total. The summed E-state index contributed by atoms with van der Waals surface area (Å²) < 4.78 is 5.25. The molecule has 0 radical (unpaired) electrons. The second kappa shape index (κ2) is 9.15. The van der Waals surface area contributed by atoms with Crippen molar-refractivity contribution in [2.24, 2.45) is 0 Å². The average Bonchev–Trinajstić information content (AvgIpc) is 3.17. The molecule has 0 N–H and O–H groups in total. The minimum atomic E-state index is -0.0332. The smallest absolute Gasteiger partial charge is 0.255 e. The zero-order valence-corrected chi connectivity index (χ0v) is 17.6. The van der Waals surface area contributed by atoms with Gasteiger partial charge in [0.15, 0.2) is 5.82 Å². The fourth-order valence-corrected chi connectivity index (χ4v) is 3.67. The highest BCUT2D eigenvalue weighted by Gasteiger charge is 2.30. The lowest BCUT2D eigenvalue weighted by atomic mass is 10.0. The van der Waals surface area contributed by atoms with Gasteiger partial charge in [-0.15, -0.1) is 0 Å². The van der Waals surface area contributed by atoms with Crippen LogP contribution in [0.3, 0.4) is 0 Å². The Morgan fingerprint density at radius 1 is 1.34 bits per heavy atom. The predicted molar refractivity (Wildman–Crippen MR) is 107 cm³/mol. The summed E-state index contributed by atoms with van der Waals surface area (Å²) in [6.45, 7) is 9.20. The number of pyridine rings is 1. The van der Waals surface area contributed by atoms with Gasteiger partial charge in [0.2, 0.25) is 11.8 Å². The number of likely N-dealkylation sites (tertiary alicyclic amines) is 1. The van der Waals surface area contributed by atoms with Gasteiger partial charge in [0.1, 0.15) is 0 Å². The van der Waals surface area contributed by atoms with Gasteiger partial charge in [0, 0.05) is 57.3 Å². The van der Waals surface area contributed by atoms with Crippen LogP contribution in [0, 0.1) is 6.92 Å². The largest absolute Gasteiger partial charge is 0.339 e. The summed E-state index contributed by atoms with van der Waals surface area (Å²) in [4.78, 5) is 37.4. The average molecular weight is 399 g/mol. The number of carbonyl (C=O) groups is 2. The van der Waals surface area contributed by atoms with Gasteiger partial charge in [-0.2, -0.15) is 4.98 Å². The van der Waals surface area contributed by atoms with Crippen molar-refractivity contribution in [1.82, 2.24) is 24.9 Å². The van der Waals surface area contributed by atoms with Crippen LogP contribution in [-0.2, 0) is 11.2 Å². The summed E-state index contributed by atoms with van der Waals surface area (Å²) in [5.41, 5.74) is 1.55. The number of carbonyl (C=O) groups excluding carboxylic acids is 2. The zero-order valence-electron chi connectivity index (χ0n) is 17.6. The Bertz CT molecular complexity index is 864. The van der Waals surface area contributed by atoms with Crippen LogP contribution in [0.4, 0.5) is 0 Å². The number of amides is 2. The van der Waals surface area contributed by atoms with E-state index in [0.29, 0.717) is 43.3 Å². The molecule has 2 aromatic rings. The molecule has 1 aliphatic rings. The van der Waals surface area contributed by atoms with Crippen LogP contribution in [-0.4, -0.2) is 62.4 Å². The van der Waals surface area contributed by atoms with Crippen LogP contribution < -0.4 is 0 Å². The molecule has 1 atom stereocenters.